The first-order valence-electron chi connectivity index (χ1n) is 4.83. The van der Waals surface area contributed by atoms with Crippen LogP contribution in [0.4, 0.5) is 5.69 Å². The molecule has 0 bridgehead atoms. The summed E-state index contributed by atoms with van der Waals surface area (Å²) in [6.45, 7) is -0.0462. The third kappa shape index (κ3) is 2.29. The number of hydrogen-bond acceptors (Lipinski definition) is 3. The first-order valence-corrected chi connectivity index (χ1v) is 4.83. The van der Waals surface area contributed by atoms with Crippen LogP contribution in [0, 0.1) is 0 Å². The number of aliphatic hydroxyl groups excluding tert-OH is 1. The average molecular weight is 217 g/mol. The van der Waals surface area contributed by atoms with Gasteiger partial charge in [-0.25, -0.2) is 0 Å². The van der Waals surface area contributed by atoms with Gasteiger partial charge in [-0.3, -0.25) is 4.79 Å². The van der Waals surface area contributed by atoms with Crippen molar-refractivity contribution in [2.45, 2.75) is 6.61 Å². The summed E-state index contributed by atoms with van der Waals surface area (Å²) in [7, 11) is 0. The van der Waals surface area contributed by atoms with Crippen LogP contribution in [-0.2, 0) is 6.61 Å². The van der Waals surface area contributed by atoms with Crippen molar-refractivity contribution in [3.8, 4) is 0 Å². The Morgan fingerprint density at radius 1 is 1.38 bits per heavy atom. The summed E-state index contributed by atoms with van der Waals surface area (Å²) in [6, 6.07) is 8.63. The van der Waals surface area contributed by atoms with Crippen LogP contribution < -0.4 is 5.32 Å². The molecule has 0 aliphatic carbocycles. The van der Waals surface area contributed by atoms with Crippen LogP contribution in [0.3, 0.4) is 0 Å². The van der Waals surface area contributed by atoms with Crippen molar-refractivity contribution in [2.75, 3.05) is 5.32 Å². The van der Waals surface area contributed by atoms with Gasteiger partial charge in [-0.2, -0.15) is 0 Å². The number of hydrogen-bond donors (Lipinski definition) is 2. The summed E-state index contributed by atoms with van der Waals surface area (Å²) in [5.74, 6) is -0.233. The molecule has 16 heavy (non-hydrogen) atoms. The Morgan fingerprint density at radius 2 is 2.25 bits per heavy atom. The second-order valence-electron chi connectivity index (χ2n) is 3.32. The SMILES string of the molecule is O=C(Nc1cccc(CO)c1)c1ccoc1. The van der Waals surface area contributed by atoms with Gasteiger partial charge in [0.05, 0.1) is 18.4 Å². The van der Waals surface area contributed by atoms with E-state index in [2.05, 4.69) is 5.32 Å². The lowest BCUT2D eigenvalue weighted by atomic mass is 10.2. The smallest absolute Gasteiger partial charge is 0.258 e. The zero-order valence-electron chi connectivity index (χ0n) is 8.51. The molecule has 1 aromatic heterocycles. The van der Waals surface area contributed by atoms with Crippen LogP contribution >= 0.6 is 0 Å². The third-order valence-electron chi connectivity index (χ3n) is 2.15. The van der Waals surface area contributed by atoms with Crippen molar-refractivity contribution in [1.82, 2.24) is 0 Å². The van der Waals surface area contributed by atoms with Crippen LogP contribution in [0.1, 0.15) is 15.9 Å². The van der Waals surface area contributed by atoms with E-state index in [1.165, 1.54) is 12.5 Å². The van der Waals surface area contributed by atoms with E-state index in [9.17, 15) is 4.79 Å². The number of aliphatic hydroxyl groups is 1. The number of rotatable bonds is 3. The molecule has 1 heterocycles. The molecule has 0 saturated heterocycles. The topological polar surface area (TPSA) is 62.5 Å². The minimum atomic E-state index is -0.233. The second-order valence-corrected chi connectivity index (χ2v) is 3.32. The molecule has 0 saturated carbocycles. The maximum atomic E-state index is 11.6. The lowest BCUT2D eigenvalue weighted by molar-refractivity contribution is 0.102. The molecule has 2 aromatic rings. The summed E-state index contributed by atoms with van der Waals surface area (Å²) in [5, 5.41) is 11.7. The standard InChI is InChI=1S/C12H11NO3/c14-7-9-2-1-3-11(6-9)13-12(15)10-4-5-16-8-10/h1-6,8,14H,7H2,(H,13,15). The molecule has 2 N–H and O–H groups in total. The molecule has 0 fully saturated rings. The Morgan fingerprint density at radius 3 is 2.94 bits per heavy atom. The number of amides is 1. The molecule has 0 radical (unpaired) electrons. The highest BCUT2D eigenvalue weighted by Gasteiger charge is 2.06. The van der Waals surface area contributed by atoms with Gasteiger partial charge in [-0.05, 0) is 23.8 Å². The largest absolute Gasteiger partial charge is 0.472 e. The van der Waals surface area contributed by atoms with Crippen molar-refractivity contribution < 1.29 is 14.3 Å². The van der Waals surface area contributed by atoms with Crippen LogP contribution in [0.2, 0.25) is 0 Å². The normalized spacial score (nSPS) is 10.1. The molecule has 0 unspecified atom stereocenters. The highest BCUT2D eigenvalue weighted by Crippen LogP contribution is 2.12. The molecular weight excluding hydrogens is 206 g/mol. The molecular formula is C12H11NO3. The molecule has 1 aromatic carbocycles. The van der Waals surface area contributed by atoms with Crippen molar-refractivity contribution in [2.24, 2.45) is 0 Å². The van der Waals surface area contributed by atoms with E-state index in [1.807, 2.05) is 0 Å². The second kappa shape index (κ2) is 4.63. The van der Waals surface area contributed by atoms with Crippen molar-refractivity contribution in [3.63, 3.8) is 0 Å². The van der Waals surface area contributed by atoms with Gasteiger partial charge < -0.3 is 14.8 Å². The van der Waals surface area contributed by atoms with Gasteiger partial charge >= 0.3 is 0 Å². The Balaban J connectivity index is 2.12. The Labute approximate surface area is 92.5 Å². The third-order valence-corrected chi connectivity index (χ3v) is 2.15. The van der Waals surface area contributed by atoms with E-state index >= 15 is 0 Å². The first-order chi connectivity index (χ1) is 7.79. The number of carbonyl (C=O) groups is 1. The van der Waals surface area contributed by atoms with Crippen molar-refractivity contribution >= 4 is 11.6 Å². The molecule has 2 rings (SSSR count). The molecule has 0 atom stereocenters. The highest BCUT2D eigenvalue weighted by molar-refractivity contribution is 6.03. The van der Waals surface area contributed by atoms with Gasteiger partial charge in [0.1, 0.15) is 6.26 Å². The monoisotopic (exact) mass is 217 g/mol. The average Bonchev–Trinajstić information content (AvgIpc) is 2.83. The van der Waals surface area contributed by atoms with Crippen LogP contribution in [0.25, 0.3) is 0 Å². The van der Waals surface area contributed by atoms with Crippen molar-refractivity contribution in [3.05, 3.63) is 54.0 Å². The molecule has 1 amide bonds. The number of carbonyl (C=O) groups excluding carboxylic acids is 1. The summed E-state index contributed by atoms with van der Waals surface area (Å²) in [4.78, 5) is 11.6. The molecule has 82 valence electrons. The summed E-state index contributed by atoms with van der Waals surface area (Å²) < 4.78 is 4.82. The van der Waals surface area contributed by atoms with Gasteiger partial charge in [0, 0.05) is 5.69 Å². The Hall–Kier alpha value is -2.07. The molecule has 4 nitrogen and oxygen atoms in total. The lowest BCUT2D eigenvalue weighted by Gasteiger charge is -2.04. The van der Waals surface area contributed by atoms with E-state index in [-0.39, 0.29) is 12.5 Å². The van der Waals surface area contributed by atoms with Crippen LogP contribution in [0.15, 0.2) is 47.3 Å². The molecule has 0 aliphatic rings. The number of furan rings is 1. The zero-order valence-corrected chi connectivity index (χ0v) is 8.51. The first kappa shape index (κ1) is 10.4. The number of benzene rings is 1. The number of anilines is 1. The van der Waals surface area contributed by atoms with Gasteiger partial charge in [-0.15, -0.1) is 0 Å². The summed E-state index contributed by atoms with van der Waals surface area (Å²) >= 11 is 0. The maximum Gasteiger partial charge on any atom is 0.258 e. The molecule has 0 spiro atoms. The van der Waals surface area contributed by atoms with Gasteiger partial charge in [0.2, 0.25) is 0 Å². The fraction of sp³-hybridized carbons (Fsp3) is 0.0833. The summed E-state index contributed by atoms with van der Waals surface area (Å²) in [5.41, 5.74) is 1.87. The highest BCUT2D eigenvalue weighted by atomic mass is 16.3. The minimum Gasteiger partial charge on any atom is -0.472 e. The van der Waals surface area contributed by atoms with E-state index in [0.717, 1.165) is 5.56 Å². The number of nitrogens with one attached hydrogen (secondary N) is 1. The van der Waals surface area contributed by atoms with E-state index in [0.29, 0.717) is 11.3 Å². The zero-order chi connectivity index (χ0) is 11.4. The molecule has 4 heteroatoms. The Bertz CT molecular complexity index is 477. The predicted octanol–water partition coefficient (Wildman–Crippen LogP) is 2.02. The van der Waals surface area contributed by atoms with E-state index in [4.69, 9.17) is 9.52 Å². The van der Waals surface area contributed by atoms with Crippen LogP contribution in [-0.4, -0.2) is 11.0 Å². The van der Waals surface area contributed by atoms with Crippen molar-refractivity contribution in [1.29, 1.82) is 0 Å². The maximum absolute atomic E-state index is 11.6. The van der Waals surface area contributed by atoms with E-state index in [1.54, 1.807) is 30.3 Å². The fourth-order valence-electron chi connectivity index (χ4n) is 1.34. The predicted molar refractivity (Wildman–Crippen MR) is 59.0 cm³/mol. The fourth-order valence-corrected chi connectivity index (χ4v) is 1.34. The van der Waals surface area contributed by atoms with Gasteiger partial charge in [-0.1, -0.05) is 12.1 Å². The lowest BCUT2D eigenvalue weighted by Crippen LogP contribution is -2.10. The van der Waals surface area contributed by atoms with E-state index < -0.39 is 0 Å². The summed E-state index contributed by atoms with van der Waals surface area (Å²) in [6.07, 6.45) is 2.82. The minimum absolute atomic E-state index is 0.0462. The Kier molecular flexibility index (Phi) is 3.03. The quantitative estimate of drug-likeness (QED) is 0.826. The van der Waals surface area contributed by atoms with Crippen LogP contribution in [0.5, 0.6) is 0 Å². The van der Waals surface area contributed by atoms with Gasteiger partial charge in [0.25, 0.3) is 5.91 Å². The molecule has 0 aliphatic heterocycles. The van der Waals surface area contributed by atoms with Gasteiger partial charge in [0.15, 0.2) is 0 Å².